The quantitative estimate of drug-likeness (QED) is 0.662. The van der Waals surface area contributed by atoms with Crippen molar-refractivity contribution in [1.82, 2.24) is 5.32 Å². The second-order valence-electron chi connectivity index (χ2n) is 4.33. The maximum Gasteiger partial charge on any atom is 0.161 e. The molecular weight excluding hydrogens is 270 g/mol. The van der Waals surface area contributed by atoms with Gasteiger partial charge in [0.05, 0.1) is 6.04 Å². The molecule has 5 heteroatoms. The summed E-state index contributed by atoms with van der Waals surface area (Å²) in [5, 5.41) is 2.97. The van der Waals surface area contributed by atoms with Crippen LogP contribution in [-0.2, 0) is 0 Å². The highest BCUT2D eigenvalue weighted by Crippen LogP contribution is 2.26. The fourth-order valence-electron chi connectivity index (χ4n) is 2.03. The molecule has 0 saturated carbocycles. The molecule has 20 heavy (non-hydrogen) atoms. The van der Waals surface area contributed by atoms with E-state index in [0.717, 1.165) is 6.07 Å². The summed E-state index contributed by atoms with van der Waals surface area (Å²) >= 11 is 0. The average Bonchev–Trinajstić information content (AvgIpc) is 2.42. The van der Waals surface area contributed by atoms with Gasteiger partial charge in [0, 0.05) is 11.6 Å². The third-order valence-corrected chi connectivity index (χ3v) is 2.96. The van der Waals surface area contributed by atoms with E-state index in [1.54, 1.807) is 6.92 Å². The molecule has 2 aromatic rings. The summed E-state index contributed by atoms with van der Waals surface area (Å²) < 4.78 is 53.1. The van der Waals surface area contributed by atoms with Crippen molar-refractivity contribution in [3.63, 3.8) is 0 Å². The molecular formula is C15H13F4N. The smallest absolute Gasteiger partial charge is 0.161 e. The second-order valence-corrected chi connectivity index (χ2v) is 4.33. The minimum absolute atomic E-state index is 0.0163. The maximum atomic E-state index is 13.8. The predicted molar refractivity (Wildman–Crippen MR) is 68.2 cm³/mol. The molecule has 0 aromatic heterocycles. The third kappa shape index (κ3) is 2.99. The number of benzene rings is 2. The Morgan fingerprint density at radius 1 is 0.900 bits per heavy atom. The van der Waals surface area contributed by atoms with E-state index in [0.29, 0.717) is 18.2 Å². The Labute approximate surface area is 114 Å². The summed E-state index contributed by atoms with van der Waals surface area (Å²) in [5.74, 6) is -3.62. The molecule has 0 amide bonds. The molecule has 0 aliphatic heterocycles. The summed E-state index contributed by atoms with van der Waals surface area (Å²) in [4.78, 5) is 0. The normalized spacial score (nSPS) is 12.4. The van der Waals surface area contributed by atoms with E-state index in [4.69, 9.17) is 0 Å². The minimum atomic E-state index is -1.24. The van der Waals surface area contributed by atoms with Crippen LogP contribution >= 0.6 is 0 Å². The molecule has 2 aromatic carbocycles. The van der Waals surface area contributed by atoms with Gasteiger partial charge in [-0.15, -0.1) is 0 Å². The summed E-state index contributed by atoms with van der Waals surface area (Å²) in [6.07, 6.45) is 0. The lowest BCUT2D eigenvalue weighted by atomic mass is 9.98. The van der Waals surface area contributed by atoms with Crippen molar-refractivity contribution >= 4 is 0 Å². The van der Waals surface area contributed by atoms with E-state index in [9.17, 15) is 17.6 Å². The molecule has 0 aliphatic carbocycles. The molecule has 106 valence electrons. The highest BCUT2D eigenvalue weighted by molar-refractivity contribution is 5.33. The fraction of sp³-hybridized carbons (Fsp3) is 0.200. The number of hydrogen-bond donors (Lipinski definition) is 1. The highest BCUT2D eigenvalue weighted by atomic mass is 19.2. The lowest BCUT2D eigenvalue weighted by Gasteiger charge is -2.19. The Bertz CT molecular complexity index is 596. The van der Waals surface area contributed by atoms with Gasteiger partial charge in [-0.05, 0) is 30.3 Å². The summed E-state index contributed by atoms with van der Waals surface area (Å²) in [6.45, 7) is 2.29. The van der Waals surface area contributed by atoms with Crippen LogP contribution in [0.15, 0.2) is 36.4 Å². The van der Waals surface area contributed by atoms with Gasteiger partial charge in [-0.1, -0.05) is 19.1 Å². The van der Waals surface area contributed by atoms with Crippen LogP contribution in [0.1, 0.15) is 24.1 Å². The van der Waals surface area contributed by atoms with Crippen LogP contribution in [0.5, 0.6) is 0 Å². The number of nitrogens with one attached hydrogen (secondary N) is 1. The Balaban J connectivity index is 2.48. The summed E-state index contributed by atoms with van der Waals surface area (Å²) in [5.41, 5.74) is 0.551. The standard InChI is InChI=1S/C15H13F4N/c1-2-20-15(9-3-5-10(16)6-4-9)11-7-13(18)14(19)8-12(11)17/h3-8,15,20H,2H2,1H3. The van der Waals surface area contributed by atoms with Crippen LogP contribution in [0.4, 0.5) is 17.6 Å². The first-order valence-electron chi connectivity index (χ1n) is 6.16. The topological polar surface area (TPSA) is 12.0 Å². The first kappa shape index (κ1) is 14.5. The molecule has 0 heterocycles. The average molecular weight is 283 g/mol. The number of rotatable bonds is 4. The number of hydrogen-bond acceptors (Lipinski definition) is 1. The van der Waals surface area contributed by atoms with E-state index in [2.05, 4.69) is 5.32 Å². The minimum Gasteiger partial charge on any atom is -0.306 e. The van der Waals surface area contributed by atoms with Gasteiger partial charge < -0.3 is 5.32 Å². The van der Waals surface area contributed by atoms with Crippen LogP contribution in [0.2, 0.25) is 0 Å². The summed E-state index contributed by atoms with van der Waals surface area (Å²) in [6, 6.07) is 6.08. The predicted octanol–water partition coefficient (Wildman–Crippen LogP) is 3.94. The molecule has 0 radical (unpaired) electrons. The molecule has 0 fully saturated rings. The van der Waals surface area contributed by atoms with Gasteiger partial charge in [-0.25, -0.2) is 17.6 Å². The molecule has 0 saturated heterocycles. The van der Waals surface area contributed by atoms with Gasteiger partial charge >= 0.3 is 0 Å². The van der Waals surface area contributed by atoms with Gasteiger partial charge in [-0.3, -0.25) is 0 Å². The zero-order valence-electron chi connectivity index (χ0n) is 10.8. The van der Waals surface area contributed by atoms with Crippen molar-refractivity contribution in [2.45, 2.75) is 13.0 Å². The molecule has 1 unspecified atom stereocenters. The zero-order valence-corrected chi connectivity index (χ0v) is 10.8. The van der Waals surface area contributed by atoms with Gasteiger partial charge in [-0.2, -0.15) is 0 Å². The van der Waals surface area contributed by atoms with Gasteiger partial charge in [0.15, 0.2) is 11.6 Å². The lowest BCUT2D eigenvalue weighted by Crippen LogP contribution is -2.23. The molecule has 1 atom stereocenters. The van der Waals surface area contributed by atoms with Crippen molar-refractivity contribution in [2.75, 3.05) is 6.54 Å². The monoisotopic (exact) mass is 283 g/mol. The Morgan fingerprint density at radius 3 is 2.10 bits per heavy atom. The van der Waals surface area contributed by atoms with Gasteiger partial charge in [0.25, 0.3) is 0 Å². The third-order valence-electron chi connectivity index (χ3n) is 2.96. The van der Waals surface area contributed by atoms with E-state index in [1.807, 2.05) is 0 Å². The SMILES string of the molecule is CCNC(c1ccc(F)cc1)c1cc(F)c(F)cc1F. The molecule has 1 N–H and O–H groups in total. The van der Waals surface area contributed by atoms with Crippen molar-refractivity contribution in [1.29, 1.82) is 0 Å². The van der Waals surface area contributed by atoms with Crippen LogP contribution in [0.25, 0.3) is 0 Å². The van der Waals surface area contributed by atoms with E-state index in [-0.39, 0.29) is 5.56 Å². The van der Waals surface area contributed by atoms with E-state index < -0.39 is 29.3 Å². The molecule has 0 spiro atoms. The molecule has 2 rings (SSSR count). The van der Waals surface area contributed by atoms with E-state index in [1.165, 1.54) is 24.3 Å². The Hall–Kier alpha value is -1.88. The van der Waals surface area contributed by atoms with E-state index >= 15 is 0 Å². The first-order valence-corrected chi connectivity index (χ1v) is 6.16. The lowest BCUT2D eigenvalue weighted by molar-refractivity contribution is 0.481. The van der Waals surface area contributed by atoms with Gasteiger partial charge in [0.2, 0.25) is 0 Å². The van der Waals surface area contributed by atoms with Crippen LogP contribution < -0.4 is 5.32 Å². The maximum absolute atomic E-state index is 13.8. The number of halogens is 4. The highest BCUT2D eigenvalue weighted by Gasteiger charge is 2.20. The zero-order chi connectivity index (χ0) is 14.7. The summed E-state index contributed by atoms with van der Waals surface area (Å²) in [7, 11) is 0. The fourth-order valence-corrected chi connectivity index (χ4v) is 2.03. The Morgan fingerprint density at radius 2 is 1.50 bits per heavy atom. The van der Waals surface area contributed by atoms with Crippen LogP contribution in [0, 0.1) is 23.3 Å². The van der Waals surface area contributed by atoms with Crippen LogP contribution in [-0.4, -0.2) is 6.54 Å². The first-order chi connectivity index (χ1) is 9.52. The van der Waals surface area contributed by atoms with Crippen molar-refractivity contribution in [2.24, 2.45) is 0 Å². The van der Waals surface area contributed by atoms with Crippen molar-refractivity contribution in [3.8, 4) is 0 Å². The molecule has 0 aliphatic rings. The molecule has 1 nitrogen and oxygen atoms in total. The molecule has 0 bridgehead atoms. The largest absolute Gasteiger partial charge is 0.306 e. The van der Waals surface area contributed by atoms with Crippen molar-refractivity contribution < 1.29 is 17.6 Å². The second kappa shape index (κ2) is 6.05. The van der Waals surface area contributed by atoms with Gasteiger partial charge in [0.1, 0.15) is 11.6 Å². The van der Waals surface area contributed by atoms with Crippen molar-refractivity contribution in [3.05, 3.63) is 70.8 Å². The Kier molecular flexibility index (Phi) is 4.39. The van der Waals surface area contributed by atoms with Crippen LogP contribution in [0.3, 0.4) is 0 Å².